The van der Waals surface area contributed by atoms with E-state index in [9.17, 15) is 24.9 Å². The van der Waals surface area contributed by atoms with Gasteiger partial charge in [0.25, 0.3) is 0 Å². The van der Waals surface area contributed by atoms with Gasteiger partial charge in [-0.05, 0) is 87.4 Å². The standard InChI is InChI=1S/C36H53N3O6/c1-5-29-31(41)32(42)33(43)34(45-29)27-17-12-24(2)28(23-27)22-26-15-13-25(14-16-26)10-9-11-30(40)38-36(18-7-6-8-19-36)35(44)37-20-21-39(3)4/h12-17,23,29,31-34,41-43H,5-11,18-22H2,1-4H3,(H,37,44)(H,38,40)/t29-,31-,32+,33-,34+/m1/s1. The molecule has 0 unspecified atom stereocenters. The molecule has 248 valence electrons. The Hall–Kier alpha value is -2.82. The second-order valence-electron chi connectivity index (χ2n) is 13.3. The topological polar surface area (TPSA) is 131 Å². The molecule has 9 nitrogen and oxygen atoms in total. The molecular weight excluding hydrogens is 570 g/mol. The van der Waals surface area contributed by atoms with Gasteiger partial charge in [-0.3, -0.25) is 9.59 Å². The number of ether oxygens (including phenoxy) is 1. The number of carbonyl (C=O) groups excluding carboxylic acids is 2. The van der Waals surface area contributed by atoms with Gasteiger partial charge >= 0.3 is 0 Å². The normalized spacial score (nSPS) is 24.8. The fraction of sp³-hybridized carbons (Fsp3) is 0.611. The van der Waals surface area contributed by atoms with Gasteiger partial charge in [0.15, 0.2) is 0 Å². The molecule has 2 fully saturated rings. The molecule has 1 saturated carbocycles. The number of aryl methyl sites for hydroxylation is 2. The molecule has 5 atom stereocenters. The van der Waals surface area contributed by atoms with Crippen LogP contribution in [-0.2, 0) is 27.2 Å². The molecule has 0 radical (unpaired) electrons. The summed E-state index contributed by atoms with van der Waals surface area (Å²) < 4.78 is 6.00. The zero-order chi connectivity index (χ0) is 32.6. The average molecular weight is 624 g/mol. The highest BCUT2D eigenvalue weighted by Gasteiger charge is 2.43. The third-order valence-corrected chi connectivity index (χ3v) is 9.47. The van der Waals surface area contributed by atoms with E-state index in [0.717, 1.165) is 60.0 Å². The fourth-order valence-electron chi connectivity index (χ4n) is 6.58. The summed E-state index contributed by atoms with van der Waals surface area (Å²) in [6, 6.07) is 14.4. The van der Waals surface area contributed by atoms with E-state index >= 15 is 0 Å². The van der Waals surface area contributed by atoms with Crippen molar-refractivity contribution in [1.82, 2.24) is 15.5 Å². The Morgan fingerprint density at radius 3 is 2.31 bits per heavy atom. The zero-order valence-corrected chi connectivity index (χ0v) is 27.4. The maximum absolute atomic E-state index is 13.1. The number of aliphatic hydroxyl groups is 3. The molecule has 2 aromatic carbocycles. The molecule has 0 aromatic heterocycles. The monoisotopic (exact) mass is 623 g/mol. The van der Waals surface area contributed by atoms with E-state index in [1.165, 1.54) is 0 Å². The molecule has 0 bridgehead atoms. The van der Waals surface area contributed by atoms with Crippen LogP contribution in [-0.4, -0.2) is 89.2 Å². The third kappa shape index (κ3) is 9.14. The van der Waals surface area contributed by atoms with Crippen LogP contribution in [0.2, 0.25) is 0 Å². The van der Waals surface area contributed by atoms with Crippen molar-refractivity contribution in [2.24, 2.45) is 0 Å². The Labute approximate surface area is 268 Å². The number of likely N-dealkylation sites (N-methyl/N-ethyl adjacent to an activating group) is 1. The van der Waals surface area contributed by atoms with Crippen molar-refractivity contribution in [2.45, 2.75) is 114 Å². The van der Waals surface area contributed by atoms with Crippen LogP contribution in [0.1, 0.15) is 92.2 Å². The molecule has 2 amide bonds. The van der Waals surface area contributed by atoms with Crippen molar-refractivity contribution < 1.29 is 29.6 Å². The van der Waals surface area contributed by atoms with E-state index in [1.54, 1.807) is 0 Å². The van der Waals surface area contributed by atoms with Crippen molar-refractivity contribution in [3.63, 3.8) is 0 Å². The van der Waals surface area contributed by atoms with Gasteiger partial charge in [0, 0.05) is 19.5 Å². The van der Waals surface area contributed by atoms with Crippen molar-refractivity contribution in [3.05, 3.63) is 70.3 Å². The van der Waals surface area contributed by atoms with Gasteiger partial charge in [0.05, 0.1) is 6.10 Å². The molecule has 1 saturated heterocycles. The fourth-order valence-corrected chi connectivity index (χ4v) is 6.58. The second-order valence-corrected chi connectivity index (χ2v) is 13.3. The number of rotatable bonds is 13. The maximum atomic E-state index is 13.1. The lowest BCUT2D eigenvalue weighted by Gasteiger charge is -2.40. The number of carbonyl (C=O) groups is 2. The first-order valence-corrected chi connectivity index (χ1v) is 16.6. The average Bonchev–Trinajstić information content (AvgIpc) is 3.02. The maximum Gasteiger partial charge on any atom is 0.245 e. The van der Waals surface area contributed by atoms with Gasteiger partial charge < -0.3 is 35.6 Å². The van der Waals surface area contributed by atoms with Gasteiger partial charge in [-0.15, -0.1) is 0 Å². The molecule has 1 aliphatic heterocycles. The highest BCUT2D eigenvalue weighted by atomic mass is 16.5. The smallest absolute Gasteiger partial charge is 0.245 e. The summed E-state index contributed by atoms with van der Waals surface area (Å²) in [7, 11) is 3.94. The van der Waals surface area contributed by atoms with Crippen LogP contribution in [0.25, 0.3) is 0 Å². The molecule has 45 heavy (non-hydrogen) atoms. The highest BCUT2D eigenvalue weighted by Crippen LogP contribution is 2.34. The van der Waals surface area contributed by atoms with Gasteiger partial charge in [0.2, 0.25) is 11.8 Å². The molecule has 1 aliphatic carbocycles. The van der Waals surface area contributed by atoms with E-state index in [1.807, 2.05) is 44.1 Å². The van der Waals surface area contributed by atoms with E-state index in [0.29, 0.717) is 45.1 Å². The minimum atomic E-state index is -1.26. The van der Waals surface area contributed by atoms with Crippen molar-refractivity contribution in [3.8, 4) is 0 Å². The summed E-state index contributed by atoms with van der Waals surface area (Å²) in [6.45, 7) is 5.26. The number of amides is 2. The molecule has 2 aliphatic rings. The minimum Gasteiger partial charge on any atom is -0.388 e. The third-order valence-electron chi connectivity index (χ3n) is 9.47. The quantitative estimate of drug-likeness (QED) is 0.231. The van der Waals surface area contributed by atoms with Crippen LogP contribution in [0.15, 0.2) is 42.5 Å². The summed E-state index contributed by atoms with van der Waals surface area (Å²) in [6.07, 6.45) is 2.61. The van der Waals surface area contributed by atoms with Crippen molar-refractivity contribution in [2.75, 3.05) is 27.2 Å². The summed E-state index contributed by atoms with van der Waals surface area (Å²) in [4.78, 5) is 28.1. The first-order chi connectivity index (χ1) is 21.5. The van der Waals surface area contributed by atoms with Crippen LogP contribution in [0.4, 0.5) is 0 Å². The number of hydrogen-bond donors (Lipinski definition) is 5. The number of hydrogen-bond acceptors (Lipinski definition) is 7. The second kappa shape index (κ2) is 16.1. The van der Waals surface area contributed by atoms with Crippen LogP contribution in [0.3, 0.4) is 0 Å². The van der Waals surface area contributed by atoms with Gasteiger partial charge in [-0.1, -0.05) is 68.7 Å². The van der Waals surface area contributed by atoms with Crippen LogP contribution < -0.4 is 10.6 Å². The van der Waals surface area contributed by atoms with E-state index in [2.05, 4.69) is 41.8 Å². The summed E-state index contributed by atoms with van der Waals surface area (Å²) in [5, 5.41) is 37.4. The predicted octanol–water partition coefficient (Wildman–Crippen LogP) is 3.34. The number of nitrogens with one attached hydrogen (secondary N) is 2. The highest BCUT2D eigenvalue weighted by molar-refractivity contribution is 5.91. The zero-order valence-electron chi connectivity index (χ0n) is 27.4. The summed E-state index contributed by atoms with van der Waals surface area (Å²) in [5.74, 6) is -0.122. The summed E-state index contributed by atoms with van der Waals surface area (Å²) >= 11 is 0. The number of benzene rings is 2. The molecule has 4 rings (SSSR count). The molecule has 0 spiro atoms. The lowest BCUT2D eigenvalue weighted by Crippen LogP contribution is -2.60. The van der Waals surface area contributed by atoms with Crippen molar-refractivity contribution in [1.29, 1.82) is 0 Å². The molecule has 1 heterocycles. The van der Waals surface area contributed by atoms with E-state index < -0.39 is 36.1 Å². The Morgan fingerprint density at radius 2 is 1.64 bits per heavy atom. The SMILES string of the molecule is CC[C@H]1O[C@@H](c2ccc(C)c(Cc3ccc(CCCC(=O)NC4(C(=O)NCCN(C)C)CCCCC4)cc3)c2)[C@H](O)[C@@H](O)[C@@H]1O. The van der Waals surface area contributed by atoms with Crippen LogP contribution in [0.5, 0.6) is 0 Å². The lowest BCUT2D eigenvalue weighted by molar-refractivity contribution is -0.225. The molecule has 9 heteroatoms. The Kier molecular flexibility index (Phi) is 12.6. The minimum absolute atomic E-state index is 0.0576. The molecule has 2 aromatic rings. The van der Waals surface area contributed by atoms with Gasteiger partial charge in [-0.2, -0.15) is 0 Å². The van der Waals surface area contributed by atoms with Crippen LogP contribution >= 0.6 is 0 Å². The Morgan fingerprint density at radius 1 is 0.956 bits per heavy atom. The summed E-state index contributed by atoms with van der Waals surface area (Å²) in [5.41, 5.74) is 4.51. The Balaban J connectivity index is 1.30. The Bertz CT molecular complexity index is 1260. The largest absolute Gasteiger partial charge is 0.388 e. The number of nitrogens with zero attached hydrogens (tertiary/aromatic N) is 1. The first-order valence-electron chi connectivity index (χ1n) is 16.6. The number of aliphatic hydroxyl groups excluding tert-OH is 3. The van der Waals surface area contributed by atoms with Gasteiger partial charge in [-0.25, -0.2) is 0 Å². The molecule has 5 N–H and O–H groups in total. The van der Waals surface area contributed by atoms with E-state index in [-0.39, 0.29) is 11.8 Å². The lowest BCUT2D eigenvalue weighted by atomic mass is 9.80. The van der Waals surface area contributed by atoms with Crippen LogP contribution in [0, 0.1) is 6.92 Å². The van der Waals surface area contributed by atoms with Gasteiger partial charge in [0.1, 0.15) is 30.0 Å². The molecular formula is C36H53N3O6. The first kappa shape index (κ1) is 35.0. The van der Waals surface area contributed by atoms with E-state index in [4.69, 9.17) is 4.74 Å². The predicted molar refractivity (Wildman–Crippen MR) is 175 cm³/mol. The van der Waals surface area contributed by atoms with Crippen molar-refractivity contribution >= 4 is 11.8 Å².